The lowest BCUT2D eigenvalue weighted by molar-refractivity contribution is -0.146. The van der Waals surface area contributed by atoms with Crippen LogP contribution < -0.4 is 0 Å². The van der Waals surface area contributed by atoms with Crippen molar-refractivity contribution in [1.29, 1.82) is 0 Å². The van der Waals surface area contributed by atoms with Gasteiger partial charge in [0.25, 0.3) is 0 Å². The molecule has 80 valence electrons. The average molecular weight is 219 g/mol. The Morgan fingerprint density at radius 2 is 1.79 bits per heavy atom. The molecule has 0 bridgehead atoms. The molecule has 1 rings (SSSR count). The van der Waals surface area contributed by atoms with E-state index in [1.807, 2.05) is 0 Å². The van der Waals surface area contributed by atoms with E-state index in [4.69, 9.17) is 21.1 Å². The molecular formula is C10H15ClO3. The van der Waals surface area contributed by atoms with Gasteiger partial charge in [-0.15, -0.1) is 0 Å². The SMILES string of the molecule is C=C(Cl)C(=O)OC1CCC(OC)CC1. The first-order valence-electron chi connectivity index (χ1n) is 4.71. The molecule has 1 aliphatic rings. The first-order chi connectivity index (χ1) is 6.63. The highest BCUT2D eigenvalue weighted by molar-refractivity contribution is 6.40. The Balaban J connectivity index is 2.29. The fraction of sp³-hybridized carbons (Fsp3) is 0.700. The van der Waals surface area contributed by atoms with Crippen LogP contribution in [0, 0.1) is 0 Å². The summed E-state index contributed by atoms with van der Waals surface area (Å²) in [6.45, 7) is 3.32. The molecular weight excluding hydrogens is 204 g/mol. The number of carbonyl (C=O) groups excluding carboxylic acids is 1. The van der Waals surface area contributed by atoms with Gasteiger partial charge in [0.05, 0.1) is 6.10 Å². The molecule has 0 aromatic carbocycles. The lowest BCUT2D eigenvalue weighted by atomic mass is 9.95. The summed E-state index contributed by atoms with van der Waals surface area (Å²) in [6.07, 6.45) is 3.84. The summed E-state index contributed by atoms with van der Waals surface area (Å²) in [7, 11) is 1.71. The van der Waals surface area contributed by atoms with Crippen LogP contribution in [0.1, 0.15) is 25.7 Å². The van der Waals surface area contributed by atoms with Gasteiger partial charge in [0, 0.05) is 7.11 Å². The van der Waals surface area contributed by atoms with Gasteiger partial charge in [-0.1, -0.05) is 18.2 Å². The van der Waals surface area contributed by atoms with Crippen molar-refractivity contribution in [2.45, 2.75) is 37.9 Å². The van der Waals surface area contributed by atoms with Crippen molar-refractivity contribution in [3.05, 3.63) is 11.6 Å². The molecule has 0 atom stereocenters. The van der Waals surface area contributed by atoms with Gasteiger partial charge >= 0.3 is 5.97 Å². The molecule has 0 aliphatic heterocycles. The van der Waals surface area contributed by atoms with Crippen LogP contribution in [0.25, 0.3) is 0 Å². The zero-order valence-corrected chi connectivity index (χ0v) is 9.05. The molecule has 0 saturated heterocycles. The molecule has 1 aliphatic carbocycles. The highest BCUT2D eigenvalue weighted by Crippen LogP contribution is 2.23. The van der Waals surface area contributed by atoms with Crippen LogP contribution in [0.15, 0.2) is 11.6 Å². The molecule has 0 aromatic heterocycles. The van der Waals surface area contributed by atoms with Crippen molar-refractivity contribution >= 4 is 17.6 Å². The number of halogens is 1. The first kappa shape index (κ1) is 11.5. The van der Waals surface area contributed by atoms with E-state index in [0.717, 1.165) is 25.7 Å². The van der Waals surface area contributed by atoms with Crippen LogP contribution >= 0.6 is 11.6 Å². The molecule has 0 heterocycles. The third-order valence-electron chi connectivity index (χ3n) is 2.45. The van der Waals surface area contributed by atoms with Crippen molar-refractivity contribution in [3.63, 3.8) is 0 Å². The minimum atomic E-state index is -0.507. The highest BCUT2D eigenvalue weighted by Gasteiger charge is 2.23. The maximum absolute atomic E-state index is 11.1. The van der Waals surface area contributed by atoms with Gasteiger partial charge in [0.15, 0.2) is 0 Å². The maximum atomic E-state index is 11.1. The number of esters is 1. The van der Waals surface area contributed by atoms with Gasteiger partial charge in [0.1, 0.15) is 11.1 Å². The molecule has 4 heteroatoms. The Morgan fingerprint density at radius 3 is 2.21 bits per heavy atom. The molecule has 1 saturated carbocycles. The smallest absolute Gasteiger partial charge is 0.349 e. The molecule has 0 aromatic rings. The van der Waals surface area contributed by atoms with Gasteiger partial charge in [-0.3, -0.25) is 0 Å². The van der Waals surface area contributed by atoms with Crippen LogP contribution in [-0.4, -0.2) is 25.3 Å². The standard InChI is InChI=1S/C10H15ClO3/c1-7(11)10(12)14-9-5-3-8(13-2)4-6-9/h8-9H,1,3-6H2,2H3. The molecule has 14 heavy (non-hydrogen) atoms. The fourth-order valence-electron chi connectivity index (χ4n) is 1.60. The first-order valence-corrected chi connectivity index (χ1v) is 5.09. The summed E-state index contributed by atoms with van der Waals surface area (Å²) in [6, 6.07) is 0. The van der Waals surface area contributed by atoms with E-state index in [9.17, 15) is 4.79 Å². The summed E-state index contributed by atoms with van der Waals surface area (Å²) in [5, 5.41) is -0.0566. The monoisotopic (exact) mass is 218 g/mol. The third kappa shape index (κ3) is 3.31. The summed E-state index contributed by atoms with van der Waals surface area (Å²) in [5.74, 6) is -0.507. The van der Waals surface area contributed by atoms with Crippen molar-refractivity contribution < 1.29 is 14.3 Å². The van der Waals surface area contributed by atoms with E-state index < -0.39 is 5.97 Å². The van der Waals surface area contributed by atoms with E-state index in [-0.39, 0.29) is 11.1 Å². The van der Waals surface area contributed by atoms with Gasteiger partial charge in [-0.05, 0) is 25.7 Å². The van der Waals surface area contributed by atoms with Crippen molar-refractivity contribution in [2.75, 3.05) is 7.11 Å². The van der Waals surface area contributed by atoms with Gasteiger partial charge in [-0.25, -0.2) is 4.79 Å². The average Bonchev–Trinajstić information content (AvgIpc) is 2.19. The lowest BCUT2D eigenvalue weighted by Gasteiger charge is -2.27. The molecule has 0 spiro atoms. The Morgan fingerprint density at radius 1 is 1.29 bits per heavy atom. The number of ether oxygens (including phenoxy) is 2. The summed E-state index contributed by atoms with van der Waals surface area (Å²) in [4.78, 5) is 11.1. The topological polar surface area (TPSA) is 35.5 Å². The molecule has 1 fully saturated rings. The van der Waals surface area contributed by atoms with E-state index in [1.165, 1.54) is 0 Å². The lowest BCUT2D eigenvalue weighted by Crippen LogP contribution is -2.27. The van der Waals surface area contributed by atoms with Crippen LogP contribution in [0.2, 0.25) is 0 Å². The fourth-order valence-corrected chi connectivity index (χ4v) is 1.65. The van der Waals surface area contributed by atoms with Gasteiger partial charge in [0.2, 0.25) is 0 Å². The van der Waals surface area contributed by atoms with E-state index in [2.05, 4.69) is 6.58 Å². The van der Waals surface area contributed by atoms with E-state index >= 15 is 0 Å². The van der Waals surface area contributed by atoms with Crippen LogP contribution in [0.5, 0.6) is 0 Å². The zero-order chi connectivity index (χ0) is 10.6. The normalized spacial score (nSPS) is 27.0. The molecule has 0 amide bonds. The number of carbonyl (C=O) groups is 1. The number of hydrogen-bond donors (Lipinski definition) is 0. The van der Waals surface area contributed by atoms with Crippen molar-refractivity contribution in [2.24, 2.45) is 0 Å². The van der Waals surface area contributed by atoms with Gasteiger partial charge in [-0.2, -0.15) is 0 Å². The Bertz CT molecular complexity index is 219. The molecule has 0 N–H and O–H groups in total. The van der Waals surface area contributed by atoms with Crippen molar-refractivity contribution in [3.8, 4) is 0 Å². The van der Waals surface area contributed by atoms with E-state index in [0.29, 0.717) is 6.10 Å². The second-order valence-electron chi connectivity index (χ2n) is 3.44. The van der Waals surface area contributed by atoms with Gasteiger partial charge < -0.3 is 9.47 Å². The largest absolute Gasteiger partial charge is 0.458 e. The molecule has 0 unspecified atom stereocenters. The summed E-state index contributed by atoms with van der Waals surface area (Å²) >= 11 is 5.41. The zero-order valence-electron chi connectivity index (χ0n) is 8.29. The minimum absolute atomic E-state index is 0.0237. The van der Waals surface area contributed by atoms with Crippen LogP contribution in [0.4, 0.5) is 0 Å². The Hall–Kier alpha value is -0.540. The highest BCUT2D eigenvalue weighted by atomic mass is 35.5. The van der Waals surface area contributed by atoms with Crippen LogP contribution in [0.3, 0.4) is 0 Å². The second kappa shape index (κ2) is 5.37. The predicted octanol–water partition coefficient (Wildman–Crippen LogP) is 2.24. The third-order valence-corrected chi connectivity index (χ3v) is 2.60. The van der Waals surface area contributed by atoms with Crippen LogP contribution in [-0.2, 0) is 14.3 Å². The summed E-state index contributed by atoms with van der Waals surface area (Å²) < 4.78 is 10.3. The minimum Gasteiger partial charge on any atom is -0.458 e. The van der Waals surface area contributed by atoms with Crippen molar-refractivity contribution in [1.82, 2.24) is 0 Å². The second-order valence-corrected chi connectivity index (χ2v) is 3.90. The van der Waals surface area contributed by atoms with E-state index in [1.54, 1.807) is 7.11 Å². The quantitative estimate of drug-likeness (QED) is 0.538. The Labute approximate surface area is 89.0 Å². The summed E-state index contributed by atoms with van der Waals surface area (Å²) in [5.41, 5.74) is 0. The maximum Gasteiger partial charge on any atom is 0.349 e. The number of methoxy groups -OCH3 is 1. The Kier molecular flexibility index (Phi) is 4.42. The number of rotatable bonds is 3. The molecule has 3 nitrogen and oxygen atoms in total. The number of hydrogen-bond acceptors (Lipinski definition) is 3. The predicted molar refractivity (Wildman–Crippen MR) is 54.1 cm³/mol. The molecule has 0 radical (unpaired) electrons.